The van der Waals surface area contributed by atoms with Gasteiger partial charge in [0.2, 0.25) is 0 Å². The van der Waals surface area contributed by atoms with Crippen molar-refractivity contribution in [3.8, 4) is 0 Å². The van der Waals surface area contributed by atoms with Crippen LogP contribution in [0.4, 0.5) is 0 Å². The van der Waals surface area contributed by atoms with E-state index in [-0.39, 0.29) is 5.91 Å². The minimum atomic E-state index is -0.245. The molecule has 0 aliphatic rings. The van der Waals surface area contributed by atoms with Crippen molar-refractivity contribution in [3.63, 3.8) is 0 Å². The van der Waals surface area contributed by atoms with Crippen molar-refractivity contribution in [2.75, 3.05) is 0 Å². The van der Waals surface area contributed by atoms with Gasteiger partial charge in [-0.25, -0.2) is 4.98 Å². The number of aromatic nitrogens is 2. The lowest BCUT2D eigenvalue weighted by molar-refractivity contribution is 0.0973. The van der Waals surface area contributed by atoms with Gasteiger partial charge >= 0.3 is 0 Å². The van der Waals surface area contributed by atoms with Crippen molar-refractivity contribution in [1.29, 1.82) is 0 Å². The molecule has 0 atom stereocenters. The van der Waals surface area contributed by atoms with E-state index in [1.165, 1.54) is 0 Å². The van der Waals surface area contributed by atoms with Gasteiger partial charge in [0.15, 0.2) is 5.82 Å². The van der Waals surface area contributed by atoms with Crippen molar-refractivity contribution >= 4 is 51.9 Å². The Morgan fingerprint density at radius 2 is 1.71 bits per heavy atom. The second kappa shape index (κ2) is 7.89. The first kappa shape index (κ1) is 18.3. The van der Waals surface area contributed by atoms with Crippen LogP contribution >= 0.6 is 23.2 Å². The summed E-state index contributed by atoms with van der Waals surface area (Å²) in [7, 11) is 0. The molecule has 0 unspecified atom stereocenters. The Labute approximate surface area is 171 Å². The molecule has 1 heterocycles. The number of imidazole rings is 1. The number of nitrogens with one attached hydrogen (secondary N) is 2. The van der Waals surface area contributed by atoms with Gasteiger partial charge in [-0.1, -0.05) is 53.5 Å². The van der Waals surface area contributed by atoms with Crippen LogP contribution in [0.1, 0.15) is 21.7 Å². The van der Waals surface area contributed by atoms with Crippen molar-refractivity contribution in [2.45, 2.75) is 0 Å². The molecule has 4 nitrogen and oxygen atoms in total. The number of H-pyrrole nitrogens is 1. The van der Waals surface area contributed by atoms with Crippen LogP contribution in [0.15, 0.2) is 72.8 Å². The molecule has 2 N–H and O–H groups in total. The molecule has 0 spiro atoms. The Morgan fingerprint density at radius 1 is 0.964 bits per heavy atom. The lowest BCUT2D eigenvalue weighted by atomic mass is 10.1. The van der Waals surface area contributed by atoms with Gasteiger partial charge in [0.25, 0.3) is 5.91 Å². The SMILES string of the molecule is O=C(NC(=Cc1cc(Cl)ccc1Cl)c1nc2ccccc2[nH]1)c1ccccc1. The van der Waals surface area contributed by atoms with E-state index in [0.717, 1.165) is 11.0 Å². The van der Waals surface area contributed by atoms with E-state index in [0.29, 0.717) is 32.7 Å². The zero-order valence-electron chi connectivity index (χ0n) is 14.6. The van der Waals surface area contributed by atoms with Gasteiger partial charge in [0, 0.05) is 15.6 Å². The summed E-state index contributed by atoms with van der Waals surface area (Å²) in [5, 5.41) is 4.00. The maximum Gasteiger partial charge on any atom is 0.255 e. The van der Waals surface area contributed by atoms with E-state index in [2.05, 4.69) is 15.3 Å². The molecular weight excluding hydrogens is 393 g/mol. The fourth-order valence-electron chi connectivity index (χ4n) is 2.81. The summed E-state index contributed by atoms with van der Waals surface area (Å²) in [5.41, 5.74) is 3.39. The summed E-state index contributed by atoms with van der Waals surface area (Å²) in [4.78, 5) is 20.6. The Morgan fingerprint density at radius 3 is 2.50 bits per heavy atom. The average Bonchev–Trinajstić information content (AvgIpc) is 3.15. The topological polar surface area (TPSA) is 57.8 Å². The number of hydrogen-bond acceptors (Lipinski definition) is 2. The standard InChI is InChI=1S/C22H15Cl2N3O/c23-16-10-11-17(24)15(12-16)13-20(27-22(28)14-6-2-1-3-7-14)21-25-18-8-4-5-9-19(18)26-21/h1-13H,(H,25,26)(H,27,28). The lowest BCUT2D eigenvalue weighted by Crippen LogP contribution is -2.22. The first-order valence-electron chi connectivity index (χ1n) is 8.58. The van der Waals surface area contributed by atoms with Crippen LogP contribution in [-0.2, 0) is 0 Å². The van der Waals surface area contributed by atoms with E-state index in [4.69, 9.17) is 23.2 Å². The molecule has 0 saturated carbocycles. The number of rotatable bonds is 4. The number of benzene rings is 3. The normalized spacial score (nSPS) is 11.6. The Hall–Kier alpha value is -3.08. The Balaban J connectivity index is 1.79. The highest BCUT2D eigenvalue weighted by Crippen LogP contribution is 2.25. The number of aromatic amines is 1. The van der Waals surface area contributed by atoms with Crippen LogP contribution in [0.2, 0.25) is 10.0 Å². The summed E-state index contributed by atoms with van der Waals surface area (Å²) in [6.45, 7) is 0. The summed E-state index contributed by atoms with van der Waals surface area (Å²) in [6.07, 6.45) is 1.76. The minimum absolute atomic E-state index is 0.245. The predicted octanol–water partition coefficient (Wildman–Crippen LogP) is 5.80. The molecule has 1 aromatic heterocycles. The van der Waals surface area contributed by atoms with Gasteiger partial charge < -0.3 is 10.3 Å². The second-order valence-corrected chi connectivity index (χ2v) is 6.99. The summed E-state index contributed by atoms with van der Waals surface area (Å²) in [5.74, 6) is 0.284. The van der Waals surface area contributed by atoms with Crippen molar-refractivity contribution in [1.82, 2.24) is 15.3 Å². The average molecular weight is 408 g/mol. The molecule has 4 rings (SSSR count). The van der Waals surface area contributed by atoms with E-state index >= 15 is 0 Å². The molecule has 0 aliphatic carbocycles. The van der Waals surface area contributed by atoms with Crippen LogP contribution in [0.3, 0.4) is 0 Å². The molecule has 0 radical (unpaired) electrons. The molecule has 0 bridgehead atoms. The zero-order valence-corrected chi connectivity index (χ0v) is 16.1. The molecule has 28 heavy (non-hydrogen) atoms. The molecule has 0 aliphatic heterocycles. The maximum atomic E-state index is 12.7. The quantitative estimate of drug-likeness (QED) is 0.449. The van der Waals surface area contributed by atoms with Gasteiger partial charge in [0.1, 0.15) is 0 Å². The van der Waals surface area contributed by atoms with Gasteiger partial charge in [-0.2, -0.15) is 0 Å². The number of carbonyl (C=O) groups excluding carboxylic acids is 1. The molecular formula is C22H15Cl2N3O. The molecule has 138 valence electrons. The highest BCUT2D eigenvalue weighted by Gasteiger charge is 2.14. The number of nitrogens with zero attached hydrogens (tertiary/aromatic N) is 1. The zero-order chi connectivity index (χ0) is 19.5. The van der Waals surface area contributed by atoms with Gasteiger partial charge in [-0.3, -0.25) is 4.79 Å². The molecule has 1 amide bonds. The van der Waals surface area contributed by atoms with Crippen molar-refractivity contribution in [3.05, 3.63) is 99.8 Å². The van der Waals surface area contributed by atoms with E-state index in [1.807, 2.05) is 42.5 Å². The summed E-state index contributed by atoms with van der Waals surface area (Å²) < 4.78 is 0. The third-order valence-electron chi connectivity index (χ3n) is 4.19. The highest BCUT2D eigenvalue weighted by molar-refractivity contribution is 6.34. The van der Waals surface area contributed by atoms with E-state index in [9.17, 15) is 4.79 Å². The van der Waals surface area contributed by atoms with Gasteiger partial charge in [-0.05, 0) is 54.1 Å². The molecule has 0 saturated heterocycles. The van der Waals surface area contributed by atoms with Crippen LogP contribution in [0, 0.1) is 0 Å². The molecule has 3 aromatic carbocycles. The number of carbonyl (C=O) groups is 1. The fraction of sp³-hybridized carbons (Fsp3) is 0. The van der Waals surface area contributed by atoms with Crippen molar-refractivity contribution in [2.24, 2.45) is 0 Å². The molecule has 4 aromatic rings. The second-order valence-electron chi connectivity index (χ2n) is 6.15. The van der Waals surface area contributed by atoms with Crippen LogP contribution in [-0.4, -0.2) is 15.9 Å². The van der Waals surface area contributed by atoms with Crippen LogP contribution < -0.4 is 5.32 Å². The molecule has 0 fully saturated rings. The smallest absolute Gasteiger partial charge is 0.255 e. The number of para-hydroxylation sites is 2. The highest BCUT2D eigenvalue weighted by atomic mass is 35.5. The largest absolute Gasteiger partial charge is 0.337 e. The van der Waals surface area contributed by atoms with Crippen molar-refractivity contribution < 1.29 is 4.79 Å². The van der Waals surface area contributed by atoms with E-state index in [1.54, 1.807) is 36.4 Å². The third kappa shape index (κ3) is 3.93. The van der Waals surface area contributed by atoms with Crippen LogP contribution in [0.5, 0.6) is 0 Å². The maximum absolute atomic E-state index is 12.7. The number of fused-ring (bicyclic) bond motifs is 1. The lowest BCUT2D eigenvalue weighted by Gasteiger charge is -2.09. The number of halogens is 2. The Kier molecular flexibility index (Phi) is 5.15. The summed E-state index contributed by atoms with van der Waals surface area (Å²) in [6, 6.07) is 21.8. The third-order valence-corrected chi connectivity index (χ3v) is 4.77. The number of amides is 1. The number of hydrogen-bond donors (Lipinski definition) is 2. The first-order valence-corrected chi connectivity index (χ1v) is 9.34. The predicted molar refractivity (Wildman–Crippen MR) is 114 cm³/mol. The van der Waals surface area contributed by atoms with Gasteiger partial charge in [0.05, 0.1) is 16.7 Å². The van der Waals surface area contributed by atoms with E-state index < -0.39 is 0 Å². The Bertz CT molecular complexity index is 1150. The summed E-state index contributed by atoms with van der Waals surface area (Å²) >= 11 is 12.4. The first-order chi connectivity index (χ1) is 13.6. The van der Waals surface area contributed by atoms with Gasteiger partial charge in [-0.15, -0.1) is 0 Å². The fourth-order valence-corrected chi connectivity index (χ4v) is 3.16. The minimum Gasteiger partial charge on any atom is -0.337 e. The monoisotopic (exact) mass is 407 g/mol. The molecule has 6 heteroatoms. The van der Waals surface area contributed by atoms with Crippen LogP contribution in [0.25, 0.3) is 22.8 Å².